The van der Waals surface area contributed by atoms with Gasteiger partial charge >= 0.3 is 0 Å². The van der Waals surface area contributed by atoms with Crippen LogP contribution >= 0.6 is 0 Å². The molecule has 1 aliphatic heterocycles. The summed E-state index contributed by atoms with van der Waals surface area (Å²) in [5, 5.41) is 2.63. The van der Waals surface area contributed by atoms with Crippen molar-refractivity contribution in [2.75, 3.05) is 12.0 Å². The standard InChI is InChI=1S/C11H16N4O3S/c12-14-9-3-1-2-4-10(9)19(17,18)15-8-5-6-11(16)13-7-8/h1-4,8,14-15H,5-7,12H2,(H,13,16). The van der Waals surface area contributed by atoms with Crippen LogP contribution in [0, 0.1) is 0 Å². The molecule has 1 aromatic rings. The van der Waals surface area contributed by atoms with E-state index in [4.69, 9.17) is 5.84 Å². The van der Waals surface area contributed by atoms with Gasteiger partial charge in [-0.15, -0.1) is 0 Å². The van der Waals surface area contributed by atoms with E-state index in [-0.39, 0.29) is 16.8 Å². The number of benzene rings is 1. The third kappa shape index (κ3) is 3.22. The molecular formula is C11H16N4O3S. The summed E-state index contributed by atoms with van der Waals surface area (Å²) in [7, 11) is -3.66. The highest BCUT2D eigenvalue weighted by Crippen LogP contribution is 2.20. The molecule has 19 heavy (non-hydrogen) atoms. The van der Waals surface area contributed by atoms with Gasteiger partial charge in [-0.05, 0) is 18.6 Å². The van der Waals surface area contributed by atoms with Gasteiger partial charge in [-0.25, -0.2) is 13.1 Å². The third-order valence-corrected chi connectivity index (χ3v) is 4.50. The SMILES string of the molecule is NNc1ccccc1S(=O)(=O)NC1CCC(=O)NC1. The molecule has 2 rings (SSSR count). The molecule has 1 fully saturated rings. The fourth-order valence-electron chi connectivity index (χ4n) is 1.94. The Labute approximate surface area is 111 Å². The van der Waals surface area contributed by atoms with Crippen LogP contribution in [0.25, 0.3) is 0 Å². The molecule has 1 heterocycles. The van der Waals surface area contributed by atoms with Crippen LogP contribution in [0.2, 0.25) is 0 Å². The van der Waals surface area contributed by atoms with Crippen LogP contribution in [0.4, 0.5) is 5.69 Å². The number of carbonyl (C=O) groups is 1. The molecule has 1 saturated heterocycles. The number of anilines is 1. The van der Waals surface area contributed by atoms with Crippen LogP contribution < -0.4 is 21.3 Å². The maximum atomic E-state index is 12.2. The van der Waals surface area contributed by atoms with Gasteiger partial charge in [0.05, 0.1) is 5.69 Å². The van der Waals surface area contributed by atoms with Crippen molar-refractivity contribution in [2.24, 2.45) is 5.84 Å². The maximum absolute atomic E-state index is 12.2. The molecule has 104 valence electrons. The quantitative estimate of drug-likeness (QED) is 0.441. The summed E-state index contributed by atoms with van der Waals surface area (Å²) in [6, 6.07) is 6.07. The first kappa shape index (κ1) is 13.8. The number of nitrogens with one attached hydrogen (secondary N) is 3. The lowest BCUT2D eigenvalue weighted by Crippen LogP contribution is -2.47. The molecule has 1 aliphatic rings. The van der Waals surface area contributed by atoms with Gasteiger partial charge in [-0.2, -0.15) is 0 Å². The van der Waals surface area contributed by atoms with Crippen LogP contribution in [-0.2, 0) is 14.8 Å². The van der Waals surface area contributed by atoms with Gasteiger partial charge in [-0.3, -0.25) is 10.6 Å². The molecule has 1 amide bonds. The number of sulfonamides is 1. The van der Waals surface area contributed by atoms with Crippen LogP contribution in [0.3, 0.4) is 0 Å². The Bertz CT molecular complexity index is 563. The molecule has 1 aromatic carbocycles. The van der Waals surface area contributed by atoms with Crippen LogP contribution in [0.1, 0.15) is 12.8 Å². The van der Waals surface area contributed by atoms with E-state index in [1.54, 1.807) is 18.2 Å². The molecule has 1 atom stereocenters. The number of rotatable bonds is 4. The number of hydrazine groups is 1. The number of piperidine rings is 1. The number of carbonyl (C=O) groups excluding carboxylic acids is 1. The average Bonchev–Trinajstić information content (AvgIpc) is 2.41. The highest BCUT2D eigenvalue weighted by molar-refractivity contribution is 7.89. The van der Waals surface area contributed by atoms with Crippen LogP contribution in [-0.4, -0.2) is 26.9 Å². The molecule has 0 spiro atoms. The Kier molecular flexibility index (Phi) is 4.03. The molecule has 0 aromatic heterocycles. The predicted molar refractivity (Wildman–Crippen MR) is 70.6 cm³/mol. The van der Waals surface area contributed by atoms with E-state index in [0.29, 0.717) is 25.1 Å². The van der Waals surface area contributed by atoms with Crippen molar-refractivity contribution in [1.29, 1.82) is 0 Å². The third-order valence-electron chi connectivity index (χ3n) is 2.92. The van der Waals surface area contributed by atoms with Crippen molar-refractivity contribution in [1.82, 2.24) is 10.0 Å². The number of amides is 1. The second-order valence-corrected chi connectivity index (χ2v) is 5.98. The molecule has 1 unspecified atom stereocenters. The summed E-state index contributed by atoms with van der Waals surface area (Å²) in [6.45, 7) is 0.302. The largest absolute Gasteiger partial charge is 0.355 e. The maximum Gasteiger partial charge on any atom is 0.242 e. The Balaban J connectivity index is 2.16. The zero-order valence-electron chi connectivity index (χ0n) is 10.2. The monoisotopic (exact) mass is 284 g/mol. The van der Waals surface area contributed by atoms with E-state index in [1.165, 1.54) is 6.07 Å². The average molecular weight is 284 g/mol. The lowest BCUT2D eigenvalue weighted by molar-refractivity contribution is -0.122. The normalized spacial score (nSPS) is 19.8. The number of hydrogen-bond acceptors (Lipinski definition) is 5. The molecular weight excluding hydrogens is 268 g/mol. The topological polar surface area (TPSA) is 113 Å². The molecule has 0 aliphatic carbocycles. The molecule has 0 bridgehead atoms. The van der Waals surface area contributed by atoms with E-state index in [1.807, 2.05) is 0 Å². The lowest BCUT2D eigenvalue weighted by atomic mass is 10.1. The van der Waals surface area contributed by atoms with E-state index < -0.39 is 10.0 Å². The molecule has 0 saturated carbocycles. The summed E-state index contributed by atoms with van der Waals surface area (Å²) < 4.78 is 27.1. The van der Waals surface area contributed by atoms with Gasteiger partial charge in [0.1, 0.15) is 4.90 Å². The molecule has 8 heteroatoms. The van der Waals surface area contributed by atoms with E-state index in [9.17, 15) is 13.2 Å². The second-order valence-electron chi connectivity index (χ2n) is 4.30. The van der Waals surface area contributed by atoms with Crippen LogP contribution in [0.15, 0.2) is 29.2 Å². The van der Waals surface area contributed by atoms with Crippen molar-refractivity contribution in [3.8, 4) is 0 Å². The Morgan fingerprint density at radius 2 is 2.05 bits per heavy atom. The molecule has 5 N–H and O–H groups in total. The highest BCUT2D eigenvalue weighted by atomic mass is 32.2. The zero-order chi connectivity index (χ0) is 13.9. The van der Waals surface area contributed by atoms with Gasteiger partial charge in [0, 0.05) is 19.0 Å². The summed E-state index contributed by atoms with van der Waals surface area (Å²) in [4.78, 5) is 11.1. The number of hydrogen-bond donors (Lipinski definition) is 4. The minimum absolute atomic E-state index is 0.0560. The first-order valence-electron chi connectivity index (χ1n) is 5.87. The van der Waals surface area contributed by atoms with E-state index >= 15 is 0 Å². The second kappa shape index (κ2) is 5.55. The number of nitrogen functional groups attached to an aromatic ring is 1. The van der Waals surface area contributed by atoms with Gasteiger partial charge in [-0.1, -0.05) is 12.1 Å². The Morgan fingerprint density at radius 3 is 2.68 bits per heavy atom. The van der Waals surface area contributed by atoms with Gasteiger partial charge in [0.2, 0.25) is 15.9 Å². The van der Waals surface area contributed by atoms with Gasteiger partial charge < -0.3 is 10.7 Å². The van der Waals surface area contributed by atoms with Gasteiger partial charge in [0.15, 0.2) is 0 Å². The van der Waals surface area contributed by atoms with Crippen molar-refractivity contribution in [3.05, 3.63) is 24.3 Å². The minimum atomic E-state index is -3.66. The lowest BCUT2D eigenvalue weighted by Gasteiger charge is -2.23. The summed E-state index contributed by atoms with van der Waals surface area (Å²) in [5.41, 5.74) is 2.69. The fourth-order valence-corrected chi connectivity index (χ4v) is 3.38. The predicted octanol–water partition coefficient (Wildman–Crippen LogP) is -0.471. The van der Waals surface area contributed by atoms with Crippen molar-refractivity contribution in [3.63, 3.8) is 0 Å². The first-order valence-corrected chi connectivity index (χ1v) is 7.36. The molecule has 0 radical (unpaired) electrons. The Morgan fingerprint density at radius 1 is 1.32 bits per heavy atom. The number of para-hydroxylation sites is 1. The summed E-state index contributed by atoms with van der Waals surface area (Å²) in [6.07, 6.45) is 0.813. The first-order chi connectivity index (χ1) is 9.03. The summed E-state index contributed by atoms with van der Waals surface area (Å²) >= 11 is 0. The summed E-state index contributed by atoms with van der Waals surface area (Å²) in [5.74, 6) is 5.24. The van der Waals surface area contributed by atoms with Crippen molar-refractivity contribution in [2.45, 2.75) is 23.8 Å². The smallest absolute Gasteiger partial charge is 0.242 e. The van der Waals surface area contributed by atoms with E-state index in [0.717, 1.165) is 0 Å². The molecule has 7 nitrogen and oxygen atoms in total. The Hall–Kier alpha value is -1.64. The van der Waals surface area contributed by atoms with E-state index in [2.05, 4.69) is 15.5 Å². The number of nitrogens with two attached hydrogens (primary N) is 1. The van der Waals surface area contributed by atoms with Crippen LogP contribution in [0.5, 0.6) is 0 Å². The highest BCUT2D eigenvalue weighted by Gasteiger charge is 2.25. The van der Waals surface area contributed by atoms with Crippen molar-refractivity contribution < 1.29 is 13.2 Å². The zero-order valence-corrected chi connectivity index (χ0v) is 11.0. The van der Waals surface area contributed by atoms with Gasteiger partial charge in [0.25, 0.3) is 0 Å². The fraction of sp³-hybridized carbons (Fsp3) is 0.364. The minimum Gasteiger partial charge on any atom is -0.355 e. The van der Waals surface area contributed by atoms with Crippen molar-refractivity contribution >= 4 is 21.6 Å².